The van der Waals surface area contributed by atoms with E-state index in [1.807, 2.05) is 51.1 Å². The van der Waals surface area contributed by atoms with Crippen molar-refractivity contribution in [2.75, 3.05) is 0 Å². The standard InChI is InChI=1S/C17H16NO2S.ClH.Hg/c1-12-8-10-15(11-9-12)21(19,20)18-14(3)13(2)16-6-4-5-7-17(16)18;;/h4-5,7-11H,1-3H3;1H;/q;;+1/p-1. The Balaban J connectivity index is 2.36. The molecule has 0 aliphatic heterocycles. The van der Waals surface area contributed by atoms with Gasteiger partial charge in [-0.3, -0.25) is 0 Å². The fourth-order valence-corrected chi connectivity index (χ4v) is 9.62. The molecule has 116 valence electrons. The fraction of sp³-hybridized carbons (Fsp3) is 0.176. The van der Waals surface area contributed by atoms with Gasteiger partial charge in [-0.2, -0.15) is 0 Å². The molecule has 3 nitrogen and oxygen atoms in total. The summed E-state index contributed by atoms with van der Waals surface area (Å²) in [6, 6.07) is 12.8. The number of hydrogen-bond acceptors (Lipinski definition) is 2. The quantitative estimate of drug-likeness (QED) is 0.482. The summed E-state index contributed by atoms with van der Waals surface area (Å²) < 4.78 is 28.9. The molecule has 0 spiro atoms. The Morgan fingerprint density at radius 2 is 1.65 bits per heavy atom. The van der Waals surface area contributed by atoms with Crippen LogP contribution in [0, 0.1) is 20.8 Å². The molecule has 1 aromatic heterocycles. The Kier molecular flexibility index (Phi) is 4.60. The maximum atomic E-state index is 13.1. The molecule has 0 saturated carbocycles. The van der Waals surface area contributed by atoms with Crippen molar-refractivity contribution in [3.63, 3.8) is 0 Å². The molecule has 2 aromatic carbocycles. The van der Waals surface area contributed by atoms with Crippen molar-refractivity contribution in [3.05, 3.63) is 59.3 Å². The fourth-order valence-electron chi connectivity index (χ4n) is 2.94. The van der Waals surface area contributed by atoms with Crippen LogP contribution in [-0.2, 0) is 33.4 Å². The van der Waals surface area contributed by atoms with Crippen LogP contribution in [0.3, 0.4) is 0 Å². The van der Waals surface area contributed by atoms with Gasteiger partial charge in [-0.1, -0.05) is 0 Å². The van der Waals surface area contributed by atoms with E-state index in [-0.39, 0.29) is 0 Å². The van der Waals surface area contributed by atoms with Gasteiger partial charge in [0, 0.05) is 0 Å². The van der Waals surface area contributed by atoms with Gasteiger partial charge in [0.25, 0.3) is 0 Å². The van der Waals surface area contributed by atoms with Crippen molar-refractivity contribution < 1.29 is 31.8 Å². The normalized spacial score (nSPS) is 11.7. The van der Waals surface area contributed by atoms with Crippen LogP contribution in [0.25, 0.3) is 10.9 Å². The van der Waals surface area contributed by atoms with Gasteiger partial charge < -0.3 is 0 Å². The van der Waals surface area contributed by atoms with Crippen LogP contribution in [0.1, 0.15) is 16.8 Å². The second kappa shape index (κ2) is 6.23. The molecule has 0 N–H and O–H groups in total. The summed E-state index contributed by atoms with van der Waals surface area (Å²) in [5.74, 6) is 0. The number of fused-ring (bicyclic) bond motifs is 1. The van der Waals surface area contributed by atoms with E-state index < -0.39 is 33.4 Å². The molecule has 23 heavy (non-hydrogen) atoms. The molecular weight excluding hydrogens is 518 g/mol. The Morgan fingerprint density at radius 3 is 2.26 bits per heavy atom. The summed E-state index contributed by atoms with van der Waals surface area (Å²) in [5, 5.41) is 1.03. The summed E-state index contributed by atoms with van der Waals surface area (Å²) in [6.45, 7) is 5.77. The topological polar surface area (TPSA) is 39.1 Å². The number of aryl methyl sites for hydroxylation is 2. The average Bonchev–Trinajstić information content (AvgIpc) is 2.80. The first-order valence-corrected chi connectivity index (χ1v) is 18.3. The zero-order valence-electron chi connectivity index (χ0n) is 13.3. The Bertz CT molecular complexity index is 992. The van der Waals surface area contributed by atoms with Crippen molar-refractivity contribution in [1.82, 2.24) is 3.97 Å². The van der Waals surface area contributed by atoms with Gasteiger partial charge in [-0.15, -0.1) is 0 Å². The third-order valence-corrected chi connectivity index (χ3v) is 12.0. The molecule has 0 radical (unpaired) electrons. The second-order valence-corrected chi connectivity index (χ2v) is 13.9. The van der Waals surface area contributed by atoms with Gasteiger partial charge in [0.2, 0.25) is 0 Å². The van der Waals surface area contributed by atoms with Crippen LogP contribution in [0.5, 0.6) is 0 Å². The van der Waals surface area contributed by atoms with Gasteiger partial charge in [0.05, 0.1) is 0 Å². The molecule has 0 saturated heterocycles. The van der Waals surface area contributed by atoms with Crippen molar-refractivity contribution in [1.29, 1.82) is 0 Å². The van der Waals surface area contributed by atoms with Crippen LogP contribution in [0.2, 0.25) is 0 Å². The molecule has 1 heterocycles. The van der Waals surface area contributed by atoms with E-state index in [4.69, 9.17) is 8.25 Å². The van der Waals surface area contributed by atoms with Crippen molar-refractivity contribution in [3.8, 4) is 0 Å². The van der Waals surface area contributed by atoms with E-state index >= 15 is 0 Å². The predicted octanol–water partition coefficient (Wildman–Crippen LogP) is 3.67. The van der Waals surface area contributed by atoms with Gasteiger partial charge in [-0.05, 0) is 0 Å². The van der Waals surface area contributed by atoms with Crippen molar-refractivity contribution in [2.45, 2.75) is 25.7 Å². The van der Waals surface area contributed by atoms with E-state index in [0.717, 1.165) is 27.7 Å². The summed E-state index contributed by atoms with van der Waals surface area (Å²) in [4.78, 5) is 0.309. The van der Waals surface area contributed by atoms with Gasteiger partial charge in [0.15, 0.2) is 0 Å². The van der Waals surface area contributed by atoms with Gasteiger partial charge in [0.1, 0.15) is 0 Å². The third kappa shape index (κ3) is 2.75. The molecule has 0 bridgehead atoms. The molecule has 0 aliphatic rings. The summed E-state index contributed by atoms with van der Waals surface area (Å²) in [6.07, 6.45) is 0. The zero-order chi connectivity index (χ0) is 16.8. The molecule has 0 atom stereocenters. The third-order valence-electron chi connectivity index (χ3n) is 4.27. The maximum absolute atomic E-state index is 13.1. The van der Waals surface area contributed by atoms with E-state index in [0.29, 0.717) is 4.90 Å². The van der Waals surface area contributed by atoms with E-state index in [9.17, 15) is 8.42 Å². The molecule has 0 aliphatic carbocycles. The molecule has 0 amide bonds. The van der Waals surface area contributed by atoms with E-state index in [1.165, 1.54) is 7.04 Å². The van der Waals surface area contributed by atoms with E-state index in [2.05, 4.69) is 0 Å². The minimum absolute atomic E-state index is 0.309. The number of benzene rings is 2. The van der Waals surface area contributed by atoms with Crippen LogP contribution in [0.4, 0.5) is 0 Å². The van der Waals surface area contributed by atoms with Gasteiger partial charge >= 0.3 is 153 Å². The second-order valence-electron chi connectivity index (χ2n) is 5.74. The predicted molar refractivity (Wildman–Crippen MR) is 90.7 cm³/mol. The Morgan fingerprint density at radius 1 is 1.00 bits per heavy atom. The van der Waals surface area contributed by atoms with Crippen LogP contribution < -0.4 is 3.07 Å². The molecule has 0 fully saturated rings. The Labute approximate surface area is 152 Å². The molecule has 3 rings (SSSR count). The van der Waals surface area contributed by atoms with Crippen LogP contribution >= 0.6 is 8.25 Å². The molecule has 0 unspecified atom stereocenters. The zero-order valence-corrected chi connectivity index (χ0v) is 20.4. The summed E-state index contributed by atoms with van der Waals surface area (Å²) >= 11 is -1.66. The van der Waals surface area contributed by atoms with Crippen molar-refractivity contribution >= 4 is 32.2 Å². The monoisotopic (exact) mass is 535 g/mol. The average molecular weight is 534 g/mol. The number of hydrogen-bond donors (Lipinski definition) is 0. The number of nitrogens with zero attached hydrogens (tertiary/aromatic N) is 1. The first-order chi connectivity index (χ1) is 10.9. The summed E-state index contributed by atoms with van der Waals surface area (Å²) in [5.41, 5.74) is 3.53. The first-order valence-electron chi connectivity index (χ1n) is 7.35. The van der Waals surface area contributed by atoms with Crippen molar-refractivity contribution in [2.24, 2.45) is 0 Å². The first kappa shape index (κ1) is 17.0. The molecular formula is C17H16ClHgNO2S. The number of rotatable bonds is 3. The van der Waals surface area contributed by atoms with Crippen LogP contribution in [-0.4, -0.2) is 12.4 Å². The summed E-state index contributed by atoms with van der Waals surface area (Å²) in [7, 11) is 2.63. The van der Waals surface area contributed by atoms with Gasteiger partial charge in [-0.25, -0.2) is 0 Å². The molecule has 6 heteroatoms. The minimum atomic E-state index is -3.62. The number of halogens is 1. The van der Waals surface area contributed by atoms with E-state index in [1.54, 1.807) is 12.1 Å². The van der Waals surface area contributed by atoms with Crippen LogP contribution in [0.15, 0.2) is 47.4 Å². The Hall–Kier alpha value is -0.845. The number of aromatic nitrogens is 1. The molecule has 3 aromatic rings. The SMILES string of the molecule is Cc1ccc(S(=O)(=O)n2c(C)c(C)c3[c]([Hg][Cl])cccc32)cc1.